The molecule has 1 amide bonds. The molecule has 238 valence electrons. The number of piperidine rings is 1. The van der Waals surface area contributed by atoms with E-state index in [2.05, 4.69) is 24.8 Å². The Kier molecular flexibility index (Phi) is 9.98. The van der Waals surface area contributed by atoms with Gasteiger partial charge in [0, 0.05) is 44.9 Å². The number of benzene rings is 2. The normalized spacial score (nSPS) is 25.3. The Morgan fingerprint density at radius 1 is 1.00 bits per heavy atom. The minimum Gasteiger partial charge on any atom is -0.457 e. The van der Waals surface area contributed by atoms with Gasteiger partial charge in [0.05, 0.1) is 16.5 Å². The van der Waals surface area contributed by atoms with Crippen molar-refractivity contribution in [2.24, 2.45) is 11.8 Å². The van der Waals surface area contributed by atoms with Crippen LogP contribution in [0.3, 0.4) is 0 Å². The van der Waals surface area contributed by atoms with E-state index in [1.807, 2.05) is 23.1 Å². The van der Waals surface area contributed by atoms with Crippen LogP contribution >= 0.6 is 23.2 Å². The minimum atomic E-state index is -0.770. The molecule has 1 heterocycles. The molecule has 0 bridgehead atoms. The van der Waals surface area contributed by atoms with Crippen LogP contribution in [0, 0.1) is 11.8 Å². The van der Waals surface area contributed by atoms with E-state index >= 15 is 0 Å². The van der Waals surface area contributed by atoms with Crippen molar-refractivity contribution in [3.63, 3.8) is 0 Å². The molecule has 0 N–H and O–H groups in total. The molecular weight excluding hydrogens is 599 g/mol. The summed E-state index contributed by atoms with van der Waals surface area (Å²) in [5.41, 5.74) is 0.458. The van der Waals surface area contributed by atoms with Crippen LogP contribution < -0.4 is 4.74 Å². The Morgan fingerprint density at radius 3 is 2.43 bits per heavy atom. The molecule has 2 aliphatic carbocycles. The van der Waals surface area contributed by atoms with Crippen LogP contribution in [0.1, 0.15) is 77.3 Å². The first-order valence-electron chi connectivity index (χ1n) is 15.8. The molecule has 0 radical (unpaired) electrons. The molecule has 9 heteroatoms. The van der Waals surface area contributed by atoms with Gasteiger partial charge in [-0.15, -0.1) is 0 Å². The Bertz CT molecular complexity index is 1390. The molecule has 5 rings (SSSR count). The highest BCUT2D eigenvalue weighted by atomic mass is 35.5. The van der Waals surface area contributed by atoms with E-state index in [1.165, 1.54) is 26.7 Å². The maximum absolute atomic E-state index is 14.1. The van der Waals surface area contributed by atoms with Crippen molar-refractivity contribution in [1.29, 1.82) is 0 Å². The van der Waals surface area contributed by atoms with Crippen molar-refractivity contribution in [3.05, 3.63) is 63.6 Å². The Labute approximate surface area is 271 Å². The van der Waals surface area contributed by atoms with E-state index < -0.39 is 11.0 Å². The number of esters is 2. The van der Waals surface area contributed by atoms with Gasteiger partial charge in [-0.1, -0.05) is 55.2 Å². The van der Waals surface area contributed by atoms with Gasteiger partial charge in [-0.3, -0.25) is 19.3 Å². The van der Waals surface area contributed by atoms with Gasteiger partial charge in [-0.05, 0) is 92.3 Å². The monoisotopic (exact) mass is 642 g/mol. The molecule has 1 aliphatic heterocycles. The number of rotatable bonds is 10. The summed E-state index contributed by atoms with van der Waals surface area (Å²) in [7, 11) is 0. The van der Waals surface area contributed by atoms with Crippen molar-refractivity contribution < 1.29 is 23.9 Å². The van der Waals surface area contributed by atoms with Crippen LogP contribution in [0.5, 0.6) is 5.75 Å². The lowest BCUT2D eigenvalue weighted by atomic mass is 9.54. The summed E-state index contributed by atoms with van der Waals surface area (Å²) < 4.78 is 12.0. The number of amides is 1. The lowest BCUT2D eigenvalue weighted by Crippen LogP contribution is -2.69. The number of hydrogen-bond donors (Lipinski definition) is 0. The van der Waals surface area contributed by atoms with E-state index in [9.17, 15) is 14.4 Å². The molecule has 2 aromatic rings. The van der Waals surface area contributed by atoms with Crippen LogP contribution in [0.25, 0.3) is 0 Å². The molecule has 0 spiro atoms. The number of likely N-dealkylation sites (tertiary alicyclic amines) is 1. The van der Waals surface area contributed by atoms with Crippen LogP contribution in [0.2, 0.25) is 10.0 Å². The van der Waals surface area contributed by atoms with Crippen molar-refractivity contribution >= 4 is 41.0 Å². The zero-order chi connectivity index (χ0) is 31.6. The Balaban J connectivity index is 1.54. The van der Waals surface area contributed by atoms with Crippen molar-refractivity contribution in [2.75, 3.05) is 26.2 Å². The van der Waals surface area contributed by atoms with E-state index in [0.29, 0.717) is 47.6 Å². The van der Waals surface area contributed by atoms with Crippen molar-refractivity contribution in [2.45, 2.75) is 89.7 Å². The predicted molar refractivity (Wildman–Crippen MR) is 172 cm³/mol. The van der Waals surface area contributed by atoms with Gasteiger partial charge in [0.25, 0.3) is 0 Å². The van der Waals surface area contributed by atoms with Crippen LogP contribution in [0.4, 0.5) is 0 Å². The number of carbonyl (C=O) groups is 3. The SMILES string of the molecule is CC(=O)Oc1cccc(C23CCN(CC4CC4)CC2(OC(C)=O)CCC(N(CC(C)C)C(=O)Cc2ccc(Cl)c(Cl)c2)C3)c1. The fraction of sp³-hybridized carbons (Fsp3) is 0.571. The molecule has 44 heavy (non-hydrogen) atoms. The van der Waals surface area contributed by atoms with E-state index in [0.717, 1.165) is 37.1 Å². The van der Waals surface area contributed by atoms with Gasteiger partial charge >= 0.3 is 11.9 Å². The highest BCUT2D eigenvalue weighted by molar-refractivity contribution is 6.42. The zero-order valence-corrected chi connectivity index (χ0v) is 27.8. The number of nitrogens with zero attached hydrogens (tertiary/aromatic N) is 2. The minimum absolute atomic E-state index is 0.0389. The molecule has 2 aromatic carbocycles. The first-order chi connectivity index (χ1) is 20.9. The smallest absolute Gasteiger partial charge is 0.308 e. The standard InChI is InChI=1S/C35H44Cl2N2O5/c1-23(2)20-39(33(42)17-27-10-11-31(36)32(37)16-27)29-12-13-35(44-25(4)41)22-38(21-26-8-9-26)15-14-34(35,19-29)28-6-5-7-30(18-28)43-24(3)40/h5-7,10-11,16,18,23,26,29H,8-9,12-15,17,19-22H2,1-4H3. The molecule has 7 nitrogen and oxygen atoms in total. The van der Waals surface area contributed by atoms with Crippen molar-refractivity contribution in [3.8, 4) is 5.75 Å². The lowest BCUT2D eigenvalue weighted by Gasteiger charge is -2.60. The summed E-state index contributed by atoms with van der Waals surface area (Å²) in [5.74, 6) is 0.794. The van der Waals surface area contributed by atoms with Crippen LogP contribution in [0.15, 0.2) is 42.5 Å². The molecule has 3 unspecified atom stereocenters. The average Bonchev–Trinajstić information content (AvgIpc) is 3.77. The predicted octanol–water partition coefficient (Wildman–Crippen LogP) is 6.85. The number of ether oxygens (including phenoxy) is 2. The topological polar surface area (TPSA) is 76.2 Å². The summed E-state index contributed by atoms with van der Waals surface area (Å²) in [5, 5.41) is 0.891. The highest BCUT2D eigenvalue weighted by Gasteiger charge is 2.61. The average molecular weight is 644 g/mol. The molecular formula is C35H44Cl2N2O5. The van der Waals surface area contributed by atoms with Gasteiger partial charge in [0.15, 0.2) is 0 Å². The summed E-state index contributed by atoms with van der Waals surface area (Å²) in [6.07, 6.45) is 5.48. The van der Waals surface area contributed by atoms with Gasteiger partial charge in [0.1, 0.15) is 11.4 Å². The quantitative estimate of drug-likeness (QED) is 0.208. The zero-order valence-electron chi connectivity index (χ0n) is 26.2. The van der Waals surface area contributed by atoms with Gasteiger partial charge in [-0.2, -0.15) is 0 Å². The summed E-state index contributed by atoms with van der Waals surface area (Å²) >= 11 is 12.4. The lowest BCUT2D eigenvalue weighted by molar-refractivity contribution is -0.190. The fourth-order valence-electron chi connectivity index (χ4n) is 7.54. The molecule has 3 atom stereocenters. The first-order valence-corrected chi connectivity index (χ1v) is 16.6. The van der Waals surface area contributed by atoms with Gasteiger partial charge < -0.3 is 14.4 Å². The summed E-state index contributed by atoms with van der Waals surface area (Å²) in [6, 6.07) is 13.0. The second-order valence-corrected chi connectivity index (χ2v) is 14.3. The largest absolute Gasteiger partial charge is 0.457 e. The molecule has 2 saturated carbocycles. The molecule has 3 aliphatic rings. The van der Waals surface area contributed by atoms with E-state index in [-0.39, 0.29) is 36.2 Å². The number of hydrogen-bond acceptors (Lipinski definition) is 6. The van der Waals surface area contributed by atoms with Crippen molar-refractivity contribution in [1.82, 2.24) is 9.80 Å². The Hall–Kier alpha value is -2.61. The van der Waals surface area contributed by atoms with E-state index in [4.69, 9.17) is 32.7 Å². The third-order valence-electron chi connectivity index (χ3n) is 9.53. The Morgan fingerprint density at radius 2 is 1.77 bits per heavy atom. The first kappa shape index (κ1) is 32.8. The highest BCUT2D eigenvalue weighted by Crippen LogP contribution is 2.55. The van der Waals surface area contributed by atoms with Gasteiger partial charge in [-0.25, -0.2) is 0 Å². The van der Waals surface area contributed by atoms with Gasteiger partial charge in [0.2, 0.25) is 5.91 Å². The molecule has 1 saturated heterocycles. The van der Waals surface area contributed by atoms with E-state index in [1.54, 1.807) is 18.2 Å². The second-order valence-electron chi connectivity index (χ2n) is 13.5. The van der Waals surface area contributed by atoms with Crippen LogP contribution in [-0.4, -0.2) is 65.5 Å². The number of carbonyl (C=O) groups excluding carboxylic acids is 3. The fourth-order valence-corrected chi connectivity index (χ4v) is 7.87. The third kappa shape index (κ3) is 7.27. The maximum atomic E-state index is 14.1. The number of halogens is 2. The molecule has 3 fully saturated rings. The summed E-state index contributed by atoms with van der Waals surface area (Å²) in [6.45, 7) is 10.3. The second kappa shape index (κ2) is 13.4. The van der Waals surface area contributed by atoms with Crippen LogP contribution in [-0.2, 0) is 31.0 Å². The third-order valence-corrected chi connectivity index (χ3v) is 10.3. The number of fused-ring (bicyclic) bond motifs is 1. The maximum Gasteiger partial charge on any atom is 0.308 e. The molecule has 0 aromatic heterocycles. The summed E-state index contributed by atoms with van der Waals surface area (Å²) in [4.78, 5) is 43.3.